The third-order valence-electron chi connectivity index (χ3n) is 2.77. The Balaban J connectivity index is 1.72. The van der Waals surface area contributed by atoms with Crippen LogP contribution in [-0.2, 0) is 0 Å². The Morgan fingerprint density at radius 3 is 2.07 bits per heavy atom. The summed E-state index contributed by atoms with van der Waals surface area (Å²) in [7, 11) is 0. The average molecular weight is 212 g/mol. The van der Waals surface area contributed by atoms with Gasteiger partial charge in [-0.05, 0) is 59.5 Å². The first-order chi connectivity index (χ1) is 7.08. The summed E-state index contributed by atoms with van der Waals surface area (Å²) in [6, 6.07) is 0.882. The Morgan fingerprint density at radius 2 is 1.53 bits per heavy atom. The van der Waals surface area contributed by atoms with Gasteiger partial charge in [-0.3, -0.25) is 0 Å². The number of nitrogens with one attached hydrogen (secondary N) is 2. The van der Waals surface area contributed by atoms with E-state index in [-0.39, 0.29) is 5.54 Å². The summed E-state index contributed by atoms with van der Waals surface area (Å²) >= 11 is 0. The molecule has 0 spiro atoms. The summed E-state index contributed by atoms with van der Waals surface area (Å²) in [5.41, 5.74) is 0.285. The maximum absolute atomic E-state index is 3.56. The van der Waals surface area contributed by atoms with Gasteiger partial charge < -0.3 is 10.6 Å². The van der Waals surface area contributed by atoms with E-state index in [4.69, 9.17) is 0 Å². The third-order valence-corrected chi connectivity index (χ3v) is 2.77. The van der Waals surface area contributed by atoms with E-state index in [0.29, 0.717) is 0 Å². The van der Waals surface area contributed by atoms with Crippen LogP contribution in [0.15, 0.2) is 0 Å². The van der Waals surface area contributed by atoms with Gasteiger partial charge in [0.2, 0.25) is 0 Å². The minimum Gasteiger partial charge on any atom is -0.314 e. The van der Waals surface area contributed by atoms with Crippen molar-refractivity contribution in [2.24, 2.45) is 0 Å². The predicted molar refractivity (Wildman–Crippen MR) is 67.2 cm³/mol. The molecule has 1 aliphatic rings. The molecule has 0 aromatic carbocycles. The fourth-order valence-electron chi connectivity index (χ4n) is 1.66. The Bertz CT molecular complexity index is 156. The Labute approximate surface area is 95.2 Å². The Kier molecular flexibility index (Phi) is 5.62. The van der Waals surface area contributed by atoms with Crippen LogP contribution < -0.4 is 10.6 Å². The average Bonchev–Trinajstić information content (AvgIpc) is 2.91. The van der Waals surface area contributed by atoms with Crippen molar-refractivity contribution in [1.82, 2.24) is 10.6 Å². The lowest BCUT2D eigenvalue weighted by atomic mass is 10.1. The lowest BCUT2D eigenvalue weighted by Crippen LogP contribution is -2.36. The predicted octanol–water partition coefficient (Wildman–Crippen LogP) is 2.69. The zero-order valence-electron chi connectivity index (χ0n) is 10.7. The van der Waals surface area contributed by atoms with E-state index in [1.165, 1.54) is 51.6 Å². The summed E-state index contributed by atoms with van der Waals surface area (Å²) in [4.78, 5) is 0. The molecule has 0 unspecified atom stereocenters. The van der Waals surface area contributed by atoms with Gasteiger partial charge in [-0.25, -0.2) is 0 Å². The summed E-state index contributed by atoms with van der Waals surface area (Å²) in [6.45, 7) is 9.09. The zero-order chi connectivity index (χ0) is 11.1. The van der Waals surface area contributed by atoms with E-state index < -0.39 is 0 Å². The van der Waals surface area contributed by atoms with Crippen molar-refractivity contribution in [3.05, 3.63) is 0 Å². The number of unbranched alkanes of at least 4 members (excludes halogenated alkanes) is 3. The minimum absolute atomic E-state index is 0.285. The van der Waals surface area contributed by atoms with Crippen LogP contribution in [0.4, 0.5) is 0 Å². The molecule has 0 heterocycles. The second kappa shape index (κ2) is 6.49. The van der Waals surface area contributed by atoms with E-state index in [1.807, 2.05) is 0 Å². The quantitative estimate of drug-likeness (QED) is 0.605. The fourth-order valence-corrected chi connectivity index (χ4v) is 1.66. The van der Waals surface area contributed by atoms with Crippen LogP contribution in [0.5, 0.6) is 0 Å². The molecule has 2 N–H and O–H groups in total. The largest absolute Gasteiger partial charge is 0.314 e. The molecule has 1 fully saturated rings. The molecule has 0 bridgehead atoms. The third kappa shape index (κ3) is 8.88. The standard InChI is InChI=1S/C13H28N2/c1-13(2,3)15-11-7-5-4-6-10-14-12-8-9-12/h12,14-15H,4-11H2,1-3H3. The molecule has 1 aliphatic carbocycles. The van der Waals surface area contributed by atoms with Crippen LogP contribution in [0.25, 0.3) is 0 Å². The molecular formula is C13H28N2. The van der Waals surface area contributed by atoms with Gasteiger partial charge in [0.1, 0.15) is 0 Å². The first kappa shape index (κ1) is 13.0. The van der Waals surface area contributed by atoms with Crippen molar-refractivity contribution in [2.45, 2.75) is 70.9 Å². The minimum atomic E-state index is 0.285. The van der Waals surface area contributed by atoms with E-state index >= 15 is 0 Å². The molecule has 1 rings (SSSR count). The van der Waals surface area contributed by atoms with E-state index in [0.717, 1.165) is 6.04 Å². The monoisotopic (exact) mass is 212 g/mol. The first-order valence-corrected chi connectivity index (χ1v) is 6.56. The first-order valence-electron chi connectivity index (χ1n) is 6.56. The second-order valence-electron chi connectivity index (χ2n) is 5.82. The Hall–Kier alpha value is -0.0800. The summed E-state index contributed by atoms with van der Waals surface area (Å²) < 4.78 is 0. The van der Waals surface area contributed by atoms with Gasteiger partial charge >= 0.3 is 0 Å². The molecule has 0 aliphatic heterocycles. The van der Waals surface area contributed by atoms with E-state index in [9.17, 15) is 0 Å². The Morgan fingerprint density at radius 1 is 0.933 bits per heavy atom. The van der Waals surface area contributed by atoms with E-state index in [2.05, 4.69) is 31.4 Å². The number of hydrogen-bond donors (Lipinski definition) is 2. The SMILES string of the molecule is CC(C)(C)NCCCCCCNC1CC1. The van der Waals surface area contributed by atoms with Crippen LogP contribution in [0.1, 0.15) is 59.3 Å². The number of rotatable bonds is 8. The van der Waals surface area contributed by atoms with Crippen LogP contribution in [0, 0.1) is 0 Å². The molecule has 15 heavy (non-hydrogen) atoms. The van der Waals surface area contributed by atoms with Crippen molar-refractivity contribution in [2.75, 3.05) is 13.1 Å². The molecule has 0 amide bonds. The topological polar surface area (TPSA) is 24.1 Å². The molecule has 2 nitrogen and oxygen atoms in total. The van der Waals surface area contributed by atoms with Crippen LogP contribution >= 0.6 is 0 Å². The molecule has 0 radical (unpaired) electrons. The molecule has 2 heteroatoms. The zero-order valence-corrected chi connectivity index (χ0v) is 10.7. The van der Waals surface area contributed by atoms with Gasteiger partial charge in [0.25, 0.3) is 0 Å². The van der Waals surface area contributed by atoms with E-state index in [1.54, 1.807) is 0 Å². The molecule has 0 saturated heterocycles. The van der Waals surface area contributed by atoms with Crippen molar-refractivity contribution in [3.63, 3.8) is 0 Å². The van der Waals surface area contributed by atoms with Gasteiger partial charge in [0, 0.05) is 11.6 Å². The molecule has 90 valence electrons. The number of hydrogen-bond acceptors (Lipinski definition) is 2. The molecule has 0 aromatic rings. The summed E-state index contributed by atoms with van der Waals surface area (Å²) in [5, 5.41) is 7.08. The molecule has 0 atom stereocenters. The van der Waals surface area contributed by atoms with Crippen molar-refractivity contribution < 1.29 is 0 Å². The van der Waals surface area contributed by atoms with Crippen LogP contribution in [-0.4, -0.2) is 24.7 Å². The lowest BCUT2D eigenvalue weighted by molar-refractivity contribution is 0.415. The van der Waals surface area contributed by atoms with Gasteiger partial charge in [0.15, 0.2) is 0 Å². The molecule has 1 saturated carbocycles. The highest BCUT2D eigenvalue weighted by atomic mass is 14.9. The van der Waals surface area contributed by atoms with Crippen molar-refractivity contribution in [1.29, 1.82) is 0 Å². The highest BCUT2D eigenvalue weighted by Crippen LogP contribution is 2.18. The second-order valence-corrected chi connectivity index (χ2v) is 5.82. The summed E-state index contributed by atoms with van der Waals surface area (Å²) in [6.07, 6.45) is 8.25. The maximum atomic E-state index is 3.56. The smallest absolute Gasteiger partial charge is 0.00965 e. The lowest BCUT2D eigenvalue weighted by Gasteiger charge is -2.20. The highest BCUT2D eigenvalue weighted by molar-refractivity contribution is 4.80. The summed E-state index contributed by atoms with van der Waals surface area (Å²) in [5.74, 6) is 0. The van der Waals surface area contributed by atoms with Crippen molar-refractivity contribution >= 4 is 0 Å². The maximum Gasteiger partial charge on any atom is 0.00965 e. The van der Waals surface area contributed by atoms with Crippen LogP contribution in [0.3, 0.4) is 0 Å². The molecular weight excluding hydrogens is 184 g/mol. The van der Waals surface area contributed by atoms with Gasteiger partial charge in [-0.15, -0.1) is 0 Å². The normalized spacial score (nSPS) is 17.0. The van der Waals surface area contributed by atoms with Gasteiger partial charge in [0.05, 0.1) is 0 Å². The van der Waals surface area contributed by atoms with Crippen molar-refractivity contribution in [3.8, 4) is 0 Å². The van der Waals surface area contributed by atoms with Crippen LogP contribution in [0.2, 0.25) is 0 Å². The fraction of sp³-hybridized carbons (Fsp3) is 1.00. The van der Waals surface area contributed by atoms with Gasteiger partial charge in [-0.1, -0.05) is 12.8 Å². The molecule has 0 aromatic heterocycles. The highest BCUT2D eigenvalue weighted by Gasteiger charge is 2.19. The van der Waals surface area contributed by atoms with Gasteiger partial charge in [-0.2, -0.15) is 0 Å².